The summed E-state index contributed by atoms with van der Waals surface area (Å²) in [6.07, 6.45) is 4.36. The number of carbonyl (C=O) groups is 2. The summed E-state index contributed by atoms with van der Waals surface area (Å²) in [4.78, 5) is 26.9. The minimum atomic E-state index is -0.681. The Bertz CT molecular complexity index is 386. The van der Waals surface area contributed by atoms with Gasteiger partial charge in [-0.15, -0.1) is 0 Å². The summed E-state index contributed by atoms with van der Waals surface area (Å²) in [7, 11) is 0. The quantitative estimate of drug-likeness (QED) is 0.847. The molecule has 1 atom stereocenters. The van der Waals surface area contributed by atoms with Crippen molar-refractivity contribution in [2.75, 3.05) is 6.54 Å². The predicted octanol–water partition coefficient (Wildman–Crippen LogP) is 2.08. The van der Waals surface area contributed by atoms with E-state index in [1.807, 2.05) is 11.8 Å². The molecule has 2 amide bonds. The second kappa shape index (κ2) is 4.80. The Morgan fingerprint density at radius 3 is 2.37 bits per heavy atom. The first-order valence-corrected chi connectivity index (χ1v) is 7.50. The van der Waals surface area contributed by atoms with E-state index in [0.29, 0.717) is 18.9 Å². The molecule has 2 rings (SSSR count). The summed E-state index contributed by atoms with van der Waals surface area (Å²) >= 11 is 0. The number of rotatable bonds is 4. The van der Waals surface area contributed by atoms with Gasteiger partial charge in [-0.25, -0.2) is 0 Å². The fourth-order valence-electron chi connectivity index (χ4n) is 3.08. The van der Waals surface area contributed by atoms with Crippen molar-refractivity contribution < 1.29 is 9.59 Å². The highest BCUT2D eigenvalue weighted by molar-refractivity contribution is 5.94. The molecule has 19 heavy (non-hydrogen) atoms. The molecule has 1 aliphatic carbocycles. The van der Waals surface area contributed by atoms with Crippen LogP contribution in [0.1, 0.15) is 59.8 Å². The molecule has 1 heterocycles. The van der Waals surface area contributed by atoms with E-state index in [9.17, 15) is 9.59 Å². The van der Waals surface area contributed by atoms with Gasteiger partial charge in [-0.05, 0) is 45.4 Å². The van der Waals surface area contributed by atoms with Crippen LogP contribution in [0.5, 0.6) is 0 Å². The highest BCUT2D eigenvalue weighted by atomic mass is 16.2. The van der Waals surface area contributed by atoms with Crippen molar-refractivity contribution in [2.45, 2.75) is 70.9 Å². The Labute approximate surface area is 115 Å². The van der Waals surface area contributed by atoms with E-state index in [0.717, 1.165) is 25.7 Å². The normalized spacial score (nSPS) is 29.2. The molecule has 0 spiro atoms. The zero-order chi connectivity index (χ0) is 14.3. The van der Waals surface area contributed by atoms with Crippen LogP contribution < -0.4 is 5.32 Å². The standard InChI is InChI=1S/C15H26N2O2/c1-5-14(3,6-2)17-10-9-12(18)16-15(4,13(17)19)11-7-8-11/h11H,5-10H2,1-4H3,(H,16,18). The molecule has 2 fully saturated rings. The highest BCUT2D eigenvalue weighted by Gasteiger charge is 2.53. The Morgan fingerprint density at radius 1 is 1.32 bits per heavy atom. The Balaban J connectivity index is 2.34. The van der Waals surface area contributed by atoms with Gasteiger partial charge in [0.25, 0.3) is 0 Å². The molecule has 2 aliphatic rings. The molecule has 0 aromatic carbocycles. The maximum Gasteiger partial charge on any atom is 0.248 e. The summed E-state index contributed by atoms with van der Waals surface area (Å²) in [5.74, 6) is 0.453. The first kappa shape index (κ1) is 14.4. The molecule has 1 unspecified atom stereocenters. The van der Waals surface area contributed by atoms with Gasteiger partial charge in [0.1, 0.15) is 5.54 Å². The number of carbonyl (C=O) groups excluding carboxylic acids is 2. The van der Waals surface area contributed by atoms with E-state index in [-0.39, 0.29) is 17.4 Å². The first-order chi connectivity index (χ1) is 8.87. The van der Waals surface area contributed by atoms with Crippen molar-refractivity contribution in [1.29, 1.82) is 0 Å². The molecule has 1 aliphatic heterocycles. The second-order valence-corrected chi connectivity index (χ2v) is 6.44. The molecular formula is C15H26N2O2. The van der Waals surface area contributed by atoms with Crippen molar-refractivity contribution >= 4 is 11.8 Å². The molecule has 0 bridgehead atoms. The van der Waals surface area contributed by atoms with E-state index in [4.69, 9.17) is 0 Å². The average Bonchev–Trinajstić information content (AvgIpc) is 3.21. The summed E-state index contributed by atoms with van der Waals surface area (Å²) in [6.45, 7) is 8.82. The average molecular weight is 266 g/mol. The lowest BCUT2D eigenvalue weighted by Crippen LogP contribution is -2.61. The summed E-state index contributed by atoms with van der Waals surface area (Å²) in [5.41, 5.74) is -0.821. The summed E-state index contributed by atoms with van der Waals surface area (Å²) in [5, 5.41) is 2.99. The fraction of sp³-hybridized carbons (Fsp3) is 0.867. The van der Waals surface area contributed by atoms with Crippen LogP contribution in [0.15, 0.2) is 0 Å². The molecule has 1 saturated carbocycles. The van der Waals surface area contributed by atoms with Crippen LogP contribution in [0.4, 0.5) is 0 Å². The third-order valence-corrected chi connectivity index (χ3v) is 5.22. The summed E-state index contributed by atoms with van der Waals surface area (Å²) < 4.78 is 0. The van der Waals surface area contributed by atoms with E-state index in [2.05, 4.69) is 26.1 Å². The molecule has 108 valence electrons. The zero-order valence-corrected chi connectivity index (χ0v) is 12.6. The lowest BCUT2D eigenvalue weighted by molar-refractivity contribution is -0.144. The predicted molar refractivity (Wildman–Crippen MR) is 74.6 cm³/mol. The maximum absolute atomic E-state index is 13.0. The first-order valence-electron chi connectivity index (χ1n) is 7.50. The maximum atomic E-state index is 13.0. The van der Waals surface area contributed by atoms with Gasteiger partial charge in [-0.2, -0.15) is 0 Å². The largest absolute Gasteiger partial charge is 0.342 e. The zero-order valence-electron chi connectivity index (χ0n) is 12.6. The van der Waals surface area contributed by atoms with E-state index >= 15 is 0 Å². The van der Waals surface area contributed by atoms with E-state index in [1.165, 1.54) is 0 Å². The van der Waals surface area contributed by atoms with Crippen LogP contribution >= 0.6 is 0 Å². The fourth-order valence-corrected chi connectivity index (χ4v) is 3.08. The Kier molecular flexibility index (Phi) is 3.63. The number of amides is 2. The Hall–Kier alpha value is -1.06. The van der Waals surface area contributed by atoms with Gasteiger partial charge in [0.15, 0.2) is 0 Å². The number of hydrogen-bond acceptors (Lipinski definition) is 2. The van der Waals surface area contributed by atoms with Crippen molar-refractivity contribution in [1.82, 2.24) is 10.2 Å². The minimum Gasteiger partial charge on any atom is -0.342 e. The summed E-state index contributed by atoms with van der Waals surface area (Å²) in [6, 6.07) is 0. The van der Waals surface area contributed by atoms with Crippen LogP contribution in [0, 0.1) is 5.92 Å². The topological polar surface area (TPSA) is 49.4 Å². The number of nitrogens with zero attached hydrogens (tertiary/aromatic N) is 1. The van der Waals surface area contributed by atoms with Crippen molar-refractivity contribution in [2.24, 2.45) is 5.92 Å². The molecule has 1 saturated heterocycles. The molecule has 4 nitrogen and oxygen atoms in total. The lowest BCUT2D eigenvalue weighted by atomic mass is 9.88. The van der Waals surface area contributed by atoms with Crippen LogP contribution in [0.25, 0.3) is 0 Å². The molecular weight excluding hydrogens is 240 g/mol. The van der Waals surface area contributed by atoms with Crippen LogP contribution in [0.2, 0.25) is 0 Å². The van der Waals surface area contributed by atoms with Gasteiger partial charge in [0.05, 0.1) is 0 Å². The highest BCUT2D eigenvalue weighted by Crippen LogP contribution is 2.42. The van der Waals surface area contributed by atoms with E-state index in [1.54, 1.807) is 0 Å². The van der Waals surface area contributed by atoms with Crippen LogP contribution in [-0.2, 0) is 9.59 Å². The van der Waals surface area contributed by atoms with Gasteiger partial charge in [-0.1, -0.05) is 13.8 Å². The third kappa shape index (κ3) is 2.37. The van der Waals surface area contributed by atoms with Crippen molar-refractivity contribution in [3.05, 3.63) is 0 Å². The van der Waals surface area contributed by atoms with Gasteiger partial charge in [0.2, 0.25) is 11.8 Å². The second-order valence-electron chi connectivity index (χ2n) is 6.44. The van der Waals surface area contributed by atoms with Gasteiger partial charge in [0, 0.05) is 18.5 Å². The van der Waals surface area contributed by atoms with E-state index < -0.39 is 5.54 Å². The molecule has 0 aromatic rings. The molecule has 1 N–H and O–H groups in total. The number of nitrogens with one attached hydrogen (secondary N) is 1. The van der Waals surface area contributed by atoms with Crippen LogP contribution in [-0.4, -0.2) is 34.3 Å². The monoisotopic (exact) mass is 266 g/mol. The van der Waals surface area contributed by atoms with Crippen molar-refractivity contribution in [3.63, 3.8) is 0 Å². The smallest absolute Gasteiger partial charge is 0.248 e. The van der Waals surface area contributed by atoms with Gasteiger partial charge < -0.3 is 10.2 Å². The van der Waals surface area contributed by atoms with Gasteiger partial charge in [-0.3, -0.25) is 9.59 Å². The Morgan fingerprint density at radius 2 is 1.89 bits per heavy atom. The lowest BCUT2D eigenvalue weighted by Gasteiger charge is -2.43. The number of hydrogen-bond donors (Lipinski definition) is 1. The minimum absolute atomic E-state index is 0.0137. The molecule has 0 aromatic heterocycles. The van der Waals surface area contributed by atoms with Crippen LogP contribution in [0.3, 0.4) is 0 Å². The van der Waals surface area contributed by atoms with Gasteiger partial charge >= 0.3 is 0 Å². The molecule has 0 radical (unpaired) electrons. The SMILES string of the molecule is CCC(C)(CC)N1CCC(=O)NC(C)(C2CC2)C1=O. The van der Waals surface area contributed by atoms with Crippen molar-refractivity contribution in [3.8, 4) is 0 Å². The third-order valence-electron chi connectivity index (χ3n) is 5.22. The molecule has 4 heteroatoms.